The van der Waals surface area contributed by atoms with E-state index in [0.29, 0.717) is 24.5 Å². The first-order valence-corrected chi connectivity index (χ1v) is 4.85. The third-order valence-electron chi connectivity index (χ3n) is 2.16. The Bertz CT molecular complexity index is 365. The molecule has 1 rings (SSSR count). The molecule has 0 fully saturated rings. The Balaban J connectivity index is 2.68. The smallest absolute Gasteiger partial charge is 0.404 e. The fourth-order valence-corrected chi connectivity index (χ4v) is 1.36. The summed E-state index contributed by atoms with van der Waals surface area (Å²) >= 11 is 0. The van der Waals surface area contributed by atoms with E-state index in [2.05, 4.69) is 5.32 Å². The molecular weight excluding hydrogens is 210 g/mol. The molecule has 5 heteroatoms. The highest BCUT2D eigenvalue weighted by atomic mass is 16.5. The average Bonchev–Trinajstić information content (AvgIpc) is 2.29. The summed E-state index contributed by atoms with van der Waals surface area (Å²) < 4.78 is 10.3. The molecule has 88 valence electrons. The van der Waals surface area contributed by atoms with Gasteiger partial charge < -0.3 is 19.9 Å². The van der Waals surface area contributed by atoms with Crippen LogP contribution < -0.4 is 14.8 Å². The summed E-state index contributed by atoms with van der Waals surface area (Å²) in [6.07, 6.45) is -0.438. The minimum Gasteiger partial charge on any atom is -0.497 e. The van der Waals surface area contributed by atoms with Crippen LogP contribution >= 0.6 is 0 Å². The van der Waals surface area contributed by atoms with Crippen LogP contribution in [-0.2, 0) is 6.42 Å². The first kappa shape index (κ1) is 12.2. The minimum atomic E-state index is -1.02. The number of hydrogen-bond acceptors (Lipinski definition) is 3. The van der Waals surface area contributed by atoms with Gasteiger partial charge in [-0.15, -0.1) is 0 Å². The lowest BCUT2D eigenvalue weighted by Gasteiger charge is -2.10. The summed E-state index contributed by atoms with van der Waals surface area (Å²) in [6.45, 7) is 0.359. The molecule has 0 atom stereocenters. The van der Waals surface area contributed by atoms with Gasteiger partial charge in [0.05, 0.1) is 14.2 Å². The Labute approximate surface area is 94.0 Å². The molecule has 1 aromatic carbocycles. The Morgan fingerprint density at radius 2 is 2.12 bits per heavy atom. The van der Waals surface area contributed by atoms with Crippen LogP contribution in [0.25, 0.3) is 0 Å². The van der Waals surface area contributed by atoms with Crippen molar-refractivity contribution in [1.82, 2.24) is 5.32 Å². The minimum absolute atomic E-state index is 0.359. The van der Waals surface area contributed by atoms with E-state index >= 15 is 0 Å². The van der Waals surface area contributed by atoms with E-state index in [0.717, 1.165) is 5.56 Å². The van der Waals surface area contributed by atoms with Crippen molar-refractivity contribution in [3.63, 3.8) is 0 Å². The van der Waals surface area contributed by atoms with Crippen LogP contribution in [0.2, 0.25) is 0 Å². The number of nitrogens with one attached hydrogen (secondary N) is 1. The maximum absolute atomic E-state index is 10.3. The standard InChI is InChI=1S/C11H15NO4/c1-15-9-4-3-8(10(7-9)16-2)5-6-12-11(13)14/h3-4,7,12H,5-6H2,1-2H3,(H,13,14). The van der Waals surface area contributed by atoms with Crippen molar-refractivity contribution in [3.05, 3.63) is 23.8 Å². The largest absolute Gasteiger partial charge is 0.497 e. The Hall–Kier alpha value is -1.91. The van der Waals surface area contributed by atoms with Gasteiger partial charge in [0.2, 0.25) is 0 Å². The molecule has 0 saturated carbocycles. The monoisotopic (exact) mass is 225 g/mol. The third kappa shape index (κ3) is 3.34. The number of amides is 1. The van der Waals surface area contributed by atoms with Crippen molar-refractivity contribution in [1.29, 1.82) is 0 Å². The Morgan fingerprint density at radius 1 is 1.38 bits per heavy atom. The van der Waals surface area contributed by atoms with Crippen molar-refractivity contribution in [2.75, 3.05) is 20.8 Å². The van der Waals surface area contributed by atoms with E-state index in [1.165, 1.54) is 0 Å². The van der Waals surface area contributed by atoms with Crippen LogP contribution in [0.5, 0.6) is 11.5 Å². The second-order valence-electron chi connectivity index (χ2n) is 3.16. The van der Waals surface area contributed by atoms with Crippen molar-refractivity contribution < 1.29 is 19.4 Å². The number of carboxylic acid groups (broad SMARTS) is 1. The topological polar surface area (TPSA) is 67.8 Å². The first-order chi connectivity index (χ1) is 7.67. The molecule has 0 heterocycles. The maximum atomic E-state index is 10.3. The Morgan fingerprint density at radius 3 is 2.69 bits per heavy atom. The summed E-state index contributed by atoms with van der Waals surface area (Å²) in [5, 5.41) is 10.7. The van der Waals surface area contributed by atoms with Crippen LogP contribution in [0.1, 0.15) is 5.56 Å². The van der Waals surface area contributed by atoms with E-state index in [1.54, 1.807) is 20.3 Å². The molecule has 5 nitrogen and oxygen atoms in total. The van der Waals surface area contributed by atoms with Crippen LogP contribution in [-0.4, -0.2) is 32.0 Å². The molecule has 16 heavy (non-hydrogen) atoms. The van der Waals surface area contributed by atoms with E-state index in [1.807, 2.05) is 12.1 Å². The molecule has 0 radical (unpaired) electrons. The molecule has 0 aliphatic rings. The maximum Gasteiger partial charge on any atom is 0.404 e. The van der Waals surface area contributed by atoms with Gasteiger partial charge in [0.15, 0.2) is 0 Å². The highest BCUT2D eigenvalue weighted by Crippen LogP contribution is 2.24. The predicted molar refractivity (Wildman–Crippen MR) is 59.3 cm³/mol. The number of carbonyl (C=O) groups is 1. The van der Waals surface area contributed by atoms with Gasteiger partial charge in [-0.05, 0) is 18.1 Å². The van der Waals surface area contributed by atoms with Gasteiger partial charge in [-0.1, -0.05) is 6.07 Å². The number of hydrogen-bond donors (Lipinski definition) is 2. The summed E-state index contributed by atoms with van der Waals surface area (Å²) in [4.78, 5) is 10.3. The van der Waals surface area contributed by atoms with Gasteiger partial charge in [-0.2, -0.15) is 0 Å². The van der Waals surface area contributed by atoms with Crippen LogP contribution in [0.15, 0.2) is 18.2 Å². The molecule has 1 aromatic rings. The zero-order valence-corrected chi connectivity index (χ0v) is 9.32. The highest BCUT2D eigenvalue weighted by Gasteiger charge is 2.05. The molecule has 0 aromatic heterocycles. The normalized spacial score (nSPS) is 9.62. The molecule has 2 N–H and O–H groups in total. The van der Waals surface area contributed by atoms with Gasteiger partial charge in [0.25, 0.3) is 0 Å². The lowest BCUT2D eigenvalue weighted by atomic mass is 10.1. The van der Waals surface area contributed by atoms with Crippen molar-refractivity contribution in [3.8, 4) is 11.5 Å². The van der Waals surface area contributed by atoms with Gasteiger partial charge in [0, 0.05) is 12.6 Å². The van der Waals surface area contributed by atoms with Crippen LogP contribution in [0, 0.1) is 0 Å². The van der Waals surface area contributed by atoms with Crippen LogP contribution in [0.4, 0.5) is 4.79 Å². The third-order valence-corrected chi connectivity index (χ3v) is 2.16. The second-order valence-corrected chi connectivity index (χ2v) is 3.16. The van der Waals surface area contributed by atoms with E-state index in [-0.39, 0.29) is 0 Å². The van der Waals surface area contributed by atoms with Gasteiger partial charge in [0.1, 0.15) is 11.5 Å². The lowest BCUT2D eigenvalue weighted by molar-refractivity contribution is 0.194. The van der Waals surface area contributed by atoms with Crippen LogP contribution in [0.3, 0.4) is 0 Å². The molecule has 0 aliphatic carbocycles. The Kier molecular flexibility index (Phi) is 4.44. The van der Waals surface area contributed by atoms with E-state index in [4.69, 9.17) is 14.6 Å². The molecule has 0 unspecified atom stereocenters. The van der Waals surface area contributed by atoms with Crippen molar-refractivity contribution >= 4 is 6.09 Å². The van der Waals surface area contributed by atoms with E-state index in [9.17, 15) is 4.79 Å². The van der Waals surface area contributed by atoms with Gasteiger partial charge in [-0.25, -0.2) is 4.79 Å². The first-order valence-electron chi connectivity index (χ1n) is 4.85. The predicted octanol–water partition coefficient (Wildman–Crippen LogP) is 1.51. The molecule has 0 spiro atoms. The quantitative estimate of drug-likeness (QED) is 0.797. The fourth-order valence-electron chi connectivity index (χ4n) is 1.36. The van der Waals surface area contributed by atoms with E-state index < -0.39 is 6.09 Å². The molecular formula is C11H15NO4. The zero-order chi connectivity index (χ0) is 12.0. The number of benzene rings is 1. The van der Waals surface area contributed by atoms with Crippen molar-refractivity contribution in [2.45, 2.75) is 6.42 Å². The summed E-state index contributed by atoms with van der Waals surface area (Å²) in [6, 6.07) is 5.45. The molecule has 0 aliphatic heterocycles. The summed E-state index contributed by atoms with van der Waals surface area (Å²) in [5.41, 5.74) is 0.942. The zero-order valence-electron chi connectivity index (χ0n) is 9.32. The summed E-state index contributed by atoms with van der Waals surface area (Å²) in [7, 11) is 3.16. The average molecular weight is 225 g/mol. The van der Waals surface area contributed by atoms with Gasteiger partial charge in [-0.3, -0.25) is 0 Å². The number of ether oxygens (including phenoxy) is 2. The number of rotatable bonds is 5. The van der Waals surface area contributed by atoms with Gasteiger partial charge >= 0.3 is 6.09 Å². The molecule has 0 saturated heterocycles. The molecule has 1 amide bonds. The summed E-state index contributed by atoms with van der Waals surface area (Å²) in [5.74, 6) is 1.42. The highest BCUT2D eigenvalue weighted by molar-refractivity contribution is 5.64. The lowest BCUT2D eigenvalue weighted by Crippen LogP contribution is -2.23. The number of methoxy groups -OCH3 is 2. The van der Waals surface area contributed by atoms with Crippen molar-refractivity contribution in [2.24, 2.45) is 0 Å². The SMILES string of the molecule is COc1ccc(CCNC(=O)O)c(OC)c1. The molecule has 0 bridgehead atoms. The fraction of sp³-hybridized carbons (Fsp3) is 0.364. The second kappa shape index (κ2) is 5.85.